The van der Waals surface area contributed by atoms with Gasteiger partial charge in [-0.25, -0.2) is 12.4 Å². The number of ketones is 1. The van der Waals surface area contributed by atoms with E-state index in [0.29, 0.717) is 5.56 Å². The Bertz CT molecular complexity index is 1220. The molecule has 0 saturated carbocycles. The lowest BCUT2D eigenvalue weighted by Gasteiger charge is -2.09. The zero-order valence-corrected chi connectivity index (χ0v) is 14.8. The van der Waals surface area contributed by atoms with E-state index in [9.17, 15) is 13.2 Å². The van der Waals surface area contributed by atoms with Crippen LogP contribution in [0.1, 0.15) is 16.1 Å². The molecule has 0 fully saturated rings. The molecule has 6 heteroatoms. The van der Waals surface area contributed by atoms with Crippen molar-refractivity contribution in [3.05, 3.63) is 90.4 Å². The quantitative estimate of drug-likeness (QED) is 0.521. The maximum Gasteiger partial charge on any atom is 0.268 e. The zero-order chi connectivity index (χ0) is 18.3. The van der Waals surface area contributed by atoms with Crippen LogP contribution in [0, 0.1) is 0 Å². The molecule has 0 amide bonds. The monoisotopic (exact) mass is 364 g/mol. The van der Waals surface area contributed by atoms with Crippen molar-refractivity contribution in [2.45, 2.75) is 4.90 Å². The molecule has 4 aromatic rings. The number of aryl methyl sites for hydroxylation is 1. The third kappa shape index (κ3) is 2.46. The van der Waals surface area contributed by atoms with Gasteiger partial charge in [-0.2, -0.15) is 0 Å². The first-order valence-corrected chi connectivity index (χ1v) is 9.51. The lowest BCUT2D eigenvalue weighted by atomic mass is 10.1. The Morgan fingerprint density at radius 1 is 0.885 bits per heavy atom. The van der Waals surface area contributed by atoms with Gasteiger partial charge < -0.3 is 4.57 Å². The zero-order valence-electron chi connectivity index (χ0n) is 14.0. The number of benzene rings is 2. The first kappa shape index (κ1) is 16.4. The summed E-state index contributed by atoms with van der Waals surface area (Å²) >= 11 is 0. The van der Waals surface area contributed by atoms with Crippen molar-refractivity contribution in [3.63, 3.8) is 0 Å². The Morgan fingerprint density at radius 2 is 1.58 bits per heavy atom. The van der Waals surface area contributed by atoms with Gasteiger partial charge in [0.15, 0.2) is 0 Å². The fourth-order valence-corrected chi connectivity index (χ4v) is 4.48. The van der Waals surface area contributed by atoms with E-state index in [-0.39, 0.29) is 16.4 Å². The number of para-hydroxylation sites is 1. The van der Waals surface area contributed by atoms with Gasteiger partial charge in [0.2, 0.25) is 5.78 Å². The van der Waals surface area contributed by atoms with Crippen molar-refractivity contribution in [2.75, 3.05) is 0 Å². The minimum Gasteiger partial charge on any atom is -0.350 e. The second kappa shape index (κ2) is 6.00. The van der Waals surface area contributed by atoms with E-state index < -0.39 is 10.0 Å². The van der Waals surface area contributed by atoms with Crippen LogP contribution in [0.3, 0.4) is 0 Å². The lowest BCUT2D eigenvalue weighted by molar-refractivity contribution is 0.103. The fourth-order valence-electron chi connectivity index (χ4n) is 3.12. The highest BCUT2D eigenvalue weighted by atomic mass is 32.2. The summed E-state index contributed by atoms with van der Waals surface area (Å²) < 4.78 is 28.8. The number of hydrogen-bond acceptors (Lipinski definition) is 3. The van der Waals surface area contributed by atoms with Gasteiger partial charge in [0.1, 0.15) is 5.69 Å². The summed E-state index contributed by atoms with van der Waals surface area (Å²) in [6.45, 7) is 0. The molecule has 0 aliphatic carbocycles. The predicted molar refractivity (Wildman–Crippen MR) is 99.8 cm³/mol. The first-order chi connectivity index (χ1) is 12.5. The number of fused-ring (bicyclic) bond motifs is 1. The summed E-state index contributed by atoms with van der Waals surface area (Å²) in [5.41, 5.74) is 1.51. The Labute approximate surface area is 151 Å². The number of nitrogens with zero attached hydrogens (tertiary/aromatic N) is 2. The molecule has 2 aromatic heterocycles. The number of carbonyl (C=O) groups is 1. The van der Waals surface area contributed by atoms with Gasteiger partial charge in [0, 0.05) is 35.9 Å². The fraction of sp³-hybridized carbons (Fsp3) is 0.0500. The number of carbonyl (C=O) groups excluding carboxylic acids is 1. The van der Waals surface area contributed by atoms with Crippen molar-refractivity contribution in [2.24, 2.45) is 7.05 Å². The molecule has 0 bridgehead atoms. The molecule has 5 nitrogen and oxygen atoms in total. The number of hydrogen-bond donors (Lipinski definition) is 0. The average Bonchev–Trinajstić information content (AvgIpc) is 3.28. The molecule has 2 heterocycles. The molecule has 0 atom stereocenters. The second-order valence-electron chi connectivity index (χ2n) is 6.01. The predicted octanol–water partition coefficient (Wildman–Crippen LogP) is 3.45. The van der Waals surface area contributed by atoms with Crippen LogP contribution in [0.15, 0.2) is 84.0 Å². The topological polar surface area (TPSA) is 61.1 Å². The van der Waals surface area contributed by atoms with Crippen LogP contribution >= 0.6 is 0 Å². The molecule has 2 aromatic carbocycles. The molecule has 0 unspecified atom stereocenters. The molecular weight excluding hydrogens is 348 g/mol. The molecule has 0 spiro atoms. The minimum absolute atomic E-state index is 0.116. The molecule has 0 radical (unpaired) electrons. The van der Waals surface area contributed by atoms with E-state index in [1.807, 2.05) is 35.9 Å². The van der Waals surface area contributed by atoms with E-state index in [1.54, 1.807) is 30.5 Å². The standard InChI is InChI=1S/C20H16N2O3S/c1-21-14-17(16-10-5-6-11-18(16)21)20(23)19-12-7-13-22(19)26(24,25)15-8-3-2-4-9-15/h2-14H,1H3. The van der Waals surface area contributed by atoms with Crippen molar-refractivity contribution >= 4 is 26.7 Å². The number of aromatic nitrogens is 2. The molecule has 0 aliphatic rings. The highest BCUT2D eigenvalue weighted by molar-refractivity contribution is 7.90. The van der Waals surface area contributed by atoms with Crippen molar-refractivity contribution in [3.8, 4) is 0 Å². The van der Waals surface area contributed by atoms with Crippen molar-refractivity contribution in [1.82, 2.24) is 8.54 Å². The van der Waals surface area contributed by atoms with Gasteiger partial charge in [-0.3, -0.25) is 4.79 Å². The van der Waals surface area contributed by atoms with Crippen LogP contribution in [0.4, 0.5) is 0 Å². The Balaban J connectivity index is 1.86. The molecule has 0 aliphatic heterocycles. The van der Waals surface area contributed by atoms with Crippen LogP contribution in [0.2, 0.25) is 0 Å². The van der Waals surface area contributed by atoms with Crippen molar-refractivity contribution < 1.29 is 13.2 Å². The van der Waals surface area contributed by atoms with Crippen LogP contribution in [0.5, 0.6) is 0 Å². The Hall–Kier alpha value is -3.12. The molecule has 130 valence electrons. The normalized spacial score (nSPS) is 11.7. The highest BCUT2D eigenvalue weighted by Gasteiger charge is 2.25. The average molecular weight is 364 g/mol. The van der Waals surface area contributed by atoms with E-state index in [2.05, 4.69) is 0 Å². The molecular formula is C20H16N2O3S. The number of rotatable bonds is 4. The summed E-state index contributed by atoms with van der Waals surface area (Å²) in [5, 5.41) is 0.796. The molecule has 0 saturated heterocycles. The first-order valence-electron chi connectivity index (χ1n) is 8.07. The maximum absolute atomic E-state index is 13.1. The smallest absolute Gasteiger partial charge is 0.268 e. The largest absolute Gasteiger partial charge is 0.350 e. The van der Waals surface area contributed by atoms with Crippen LogP contribution in [-0.2, 0) is 17.1 Å². The Kier molecular flexibility index (Phi) is 3.77. The van der Waals surface area contributed by atoms with Gasteiger partial charge in [0.05, 0.1) is 4.90 Å². The highest BCUT2D eigenvalue weighted by Crippen LogP contribution is 2.25. The van der Waals surface area contributed by atoms with E-state index in [4.69, 9.17) is 0 Å². The van der Waals surface area contributed by atoms with Gasteiger partial charge in [0.25, 0.3) is 10.0 Å². The molecule has 0 N–H and O–H groups in total. The van der Waals surface area contributed by atoms with Gasteiger partial charge in [-0.05, 0) is 30.3 Å². The van der Waals surface area contributed by atoms with Gasteiger partial charge in [-0.1, -0.05) is 36.4 Å². The minimum atomic E-state index is -3.84. The summed E-state index contributed by atoms with van der Waals surface area (Å²) in [4.78, 5) is 13.3. The third-order valence-electron chi connectivity index (χ3n) is 4.39. The van der Waals surface area contributed by atoms with Crippen molar-refractivity contribution in [1.29, 1.82) is 0 Å². The van der Waals surface area contributed by atoms with Crippen LogP contribution < -0.4 is 0 Å². The molecule has 26 heavy (non-hydrogen) atoms. The van der Waals surface area contributed by atoms with Gasteiger partial charge >= 0.3 is 0 Å². The van der Waals surface area contributed by atoms with Crippen LogP contribution in [-0.4, -0.2) is 22.7 Å². The Morgan fingerprint density at radius 3 is 2.35 bits per heavy atom. The summed E-state index contributed by atoms with van der Waals surface area (Å²) in [6.07, 6.45) is 3.14. The third-order valence-corrected chi connectivity index (χ3v) is 6.09. The van der Waals surface area contributed by atoms with E-state index >= 15 is 0 Å². The van der Waals surface area contributed by atoms with E-state index in [1.165, 1.54) is 24.4 Å². The summed E-state index contributed by atoms with van der Waals surface area (Å²) in [6, 6.07) is 18.7. The maximum atomic E-state index is 13.1. The lowest BCUT2D eigenvalue weighted by Crippen LogP contribution is -2.18. The van der Waals surface area contributed by atoms with Crippen LogP contribution in [0.25, 0.3) is 10.9 Å². The SMILES string of the molecule is Cn1cc(C(=O)c2cccn2S(=O)(=O)c2ccccc2)c2ccccc21. The van der Waals surface area contributed by atoms with E-state index in [0.717, 1.165) is 14.9 Å². The summed E-state index contributed by atoms with van der Waals surface area (Å²) in [5.74, 6) is -0.327. The second-order valence-corrected chi connectivity index (χ2v) is 7.82. The summed E-state index contributed by atoms with van der Waals surface area (Å²) in [7, 11) is -1.98. The van der Waals surface area contributed by atoms with Gasteiger partial charge in [-0.15, -0.1) is 0 Å². The molecule has 4 rings (SSSR count).